The van der Waals surface area contributed by atoms with Crippen molar-refractivity contribution >= 4 is 45.0 Å². The largest absolute Gasteiger partial charge is 0.493 e. The van der Waals surface area contributed by atoms with Crippen molar-refractivity contribution < 1.29 is 14.5 Å². The molecule has 11 heteroatoms. The average molecular weight is 589 g/mol. The molecule has 9 nitrogen and oxygen atoms in total. The van der Waals surface area contributed by atoms with E-state index in [0.717, 1.165) is 28.0 Å². The molecule has 196 valence electrons. The number of ether oxygens (including phenoxy) is 1. The van der Waals surface area contributed by atoms with E-state index in [1.165, 1.54) is 41.6 Å². The number of allylic oxidation sites excluding steroid dienone is 1. The van der Waals surface area contributed by atoms with E-state index in [-0.39, 0.29) is 17.3 Å². The van der Waals surface area contributed by atoms with Gasteiger partial charge in [-0.1, -0.05) is 47.6 Å². The fraction of sp³-hybridized carbons (Fsp3) is 0.346. The van der Waals surface area contributed by atoms with Crippen molar-refractivity contribution in [2.75, 3.05) is 17.7 Å². The molecule has 37 heavy (non-hydrogen) atoms. The summed E-state index contributed by atoms with van der Waals surface area (Å²) in [6, 6.07) is 9.88. The quantitative estimate of drug-likeness (QED) is 0.0819. The standard InChI is InChI=1S/C26H30BrN5O4S/c1-5-12-31-24(7-6-13-36-23-15-21(17(2)3)22(27)14-18(23)4)29-30-26(31)37-16-25(33)28-19-8-10-20(11-9-19)32(34)35/h5,8-11,14-15,17H,1,6-7,12-13,16H2,2-4H3,(H,28,33). The first kappa shape index (κ1) is 28.4. The molecule has 0 aliphatic carbocycles. The lowest BCUT2D eigenvalue weighted by atomic mass is 10.0. The number of non-ortho nitro benzene ring substituents is 1. The van der Waals surface area contributed by atoms with Crippen LogP contribution in [-0.4, -0.2) is 38.0 Å². The zero-order chi connectivity index (χ0) is 26.9. The summed E-state index contributed by atoms with van der Waals surface area (Å²) in [5, 5.41) is 22.7. The van der Waals surface area contributed by atoms with Gasteiger partial charge in [-0.25, -0.2) is 0 Å². The number of carbonyl (C=O) groups is 1. The van der Waals surface area contributed by atoms with Crippen LogP contribution in [0.5, 0.6) is 5.75 Å². The highest BCUT2D eigenvalue weighted by Crippen LogP contribution is 2.32. The normalized spacial score (nSPS) is 10.9. The molecule has 0 bridgehead atoms. The first-order valence-electron chi connectivity index (χ1n) is 11.8. The number of hydrogen-bond acceptors (Lipinski definition) is 7. The maximum Gasteiger partial charge on any atom is 0.269 e. The molecule has 3 aromatic rings. The second kappa shape index (κ2) is 13.4. The number of nitro benzene ring substituents is 1. The molecule has 0 radical (unpaired) electrons. The molecule has 0 unspecified atom stereocenters. The summed E-state index contributed by atoms with van der Waals surface area (Å²) in [7, 11) is 0. The number of aromatic nitrogens is 3. The minimum Gasteiger partial charge on any atom is -0.493 e. The van der Waals surface area contributed by atoms with Crippen LogP contribution in [0, 0.1) is 17.0 Å². The predicted octanol–water partition coefficient (Wildman–Crippen LogP) is 6.31. The molecule has 1 amide bonds. The van der Waals surface area contributed by atoms with Gasteiger partial charge in [-0.2, -0.15) is 0 Å². The van der Waals surface area contributed by atoms with Crippen molar-refractivity contribution in [1.82, 2.24) is 14.8 Å². The second-order valence-electron chi connectivity index (χ2n) is 8.68. The summed E-state index contributed by atoms with van der Waals surface area (Å²) in [6.07, 6.45) is 3.19. The first-order chi connectivity index (χ1) is 17.7. The number of benzene rings is 2. The smallest absolute Gasteiger partial charge is 0.269 e. The molecule has 0 fully saturated rings. The average Bonchev–Trinajstić information content (AvgIpc) is 3.23. The summed E-state index contributed by atoms with van der Waals surface area (Å²) in [4.78, 5) is 22.7. The molecular formula is C26H30BrN5O4S. The number of aryl methyl sites for hydroxylation is 2. The van der Waals surface area contributed by atoms with Gasteiger partial charge >= 0.3 is 0 Å². The molecule has 1 aromatic heterocycles. The lowest BCUT2D eigenvalue weighted by Crippen LogP contribution is -2.15. The van der Waals surface area contributed by atoms with Crippen molar-refractivity contribution in [3.05, 3.63) is 80.6 Å². The van der Waals surface area contributed by atoms with Crippen LogP contribution >= 0.6 is 27.7 Å². The van der Waals surface area contributed by atoms with Crippen LogP contribution in [0.2, 0.25) is 0 Å². The predicted molar refractivity (Wildman–Crippen MR) is 149 cm³/mol. The van der Waals surface area contributed by atoms with Crippen LogP contribution in [0.15, 0.2) is 58.7 Å². The fourth-order valence-corrected chi connectivity index (χ4v) is 5.28. The van der Waals surface area contributed by atoms with Crippen molar-refractivity contribution in [3.63, 3.8) is 0 Å². The Morgan fingerprint density at radius 2 is 2.03 bits per heavy atom. The minimum atomic E-state index is -0.484. The van der Waals surface area contributed by atoms with Gasteiger partial charge in [0.15, 0.2) is 5.16 Å². The van der Waals surface area contributed by atoms with E-state index in [0.29, 0.717) is 36.3 Å². The second-order valence-corrected chi connectivity index (χ2v) is 10.5. The van der Waals surface area contributed by atoms with Gasteiger partial charge in [-0.15, -0.1) is 16.8 Å². The number of nitrogens with one attached hydrogen (secondary N) is 1. The van der Waals surface area contributed by atoms with Crippen LogP contribution in [0.1, 0.15) is 43.1 Å². The van der Waals surface area contributed by atoms with Gasteiger partial charge in [0.05, 0.1) is 17.3 Å². The topological polar surface area (TPSA) is 112 Å². The monoisotopic (exact) mass is 587 g/mol. The number of amides is 1. The van der Waals surface area contributed by atoms with Crippen molar-refractivity contribution in [2.45, 2.75) is 51.2 Å². The Bertz CT molecular complexity index is 1260. The van der Waals surface area contributed by atoms with E-state index in [4.69, 9.17) is 4.74 Å². The van der Waals surface area contributed by atoms with Gasteiger partial charge in [0.2, 0.25) is 5.91 Å². The Labute approximate surface area is 229 Å². The highest BCUT2D eigenvalue weighted by Gasteiger charge is 2.15. The number of anilines is 1. The highest BCUT2D eigenvalue weighted by atomic mass is 79.9. The molecule has 0 saturated heterocycles. The molecule has 0 atom stereocenters. The Hall–Kier alpha value is -3.18. The van der Waals surface area contributed by atoms with Crippen LogP contribution in [0.3, 0.4) is 0 Å². The Balaban J connectivity index is 1.54. The summed E-state index contributed by atoms with van der Waals surface area (Å²) in [6.45, 7) is 11.2. The van der Waals surface area contributed by atoms with E-state index in [2.05, 4.69) is 64.0 Å². The van der Waals surface area contributed by atoms with Gasteiger partial charge in [0, 0.05) is 35.3 Å². The molecule has 0 aliphatic heterocycles. The summed E-state index contributed by atoms with van der Waals surface area (Å²) >= 11 is 4.91. The third-order valence-electron chi connectivity index (χ3n) is 5.52. The molecule has 0 aliphatic rings. The van der Waals surface area contributed by atoms with Gasteiger partial charge in [-0.3, -0.25) is 14.9 Å². The number of nitrogens with zero attached hydrogens (tertiary/aromatic N) is 4. The Morgan fingerprint density at radius 3 is 2.68 bits per heavy atom. The molecular weight excluding hydrogens is 558 g/mol. The summed E-state index contributed by atoms with van der Waals surface area (Å²) in [5.41, 5.74) is 2.75. The zero-order valence-electron chi connectivity index (χ0n) is 21.1. The molecule has 0 spiro atoms. The number of thioether (sulfide) groups is 1. The number of carbonyl (C=O) groups excluding carboxylic acids is 1. The van der Waals surface area contributed by atoms with Crippen molar-refractivity contribution in [2.24, 2.45) is 0 Å². The summed E-state index contributed by atoms with van der Waals surface area (Å²) in [5.74, 6) is 1.96. The van der Waals surface area contributed by atoms with Crippen molar-refractivity contribution in [1.29, 1.82) is 0 Å². The number of nitro groups is 1. The summed E-state index contributed by atoms with van der Waals surface area (Å²) < 4.78 is 9.11. The number of halogens is 1. The van der Waals surface area contributed by atoms with Crippen LogP contribution in [-0.2, 0) is 17.8 Å². The Morgan fingerprint density at radius 1 is 1.30 bits per heavy atom. The van der Waals surface area contributed by atoms with Gasteiger partial charge in [-0.05, 0) is 54.7 Å². The van der Waals surface area contributed by atoms with Crippen LogP contribution < -0.4 is 10.1 Å². The highest BCUT2D eigenvalue weighted by molar-refractivity contribution is 9.10. The first-order valence-corrected chi connectivity index (χ1v) is 13.6. The lowest BCUT2D eigenvalue weighted by Gasteiger charge is -2.15. The maximum absolute atomic E-state index is 12.4. The SMILES string of the molecule is C=CCn1c(CCCOc2cc(C(C)C)c(Br)cc2C)nnc1SCC(=O)Nc1ccc([N+](=O)[O-])cc1. The molecule has 0 saturated carbocycles. The van der Waals surface area contributed by atoms with Gasteiger partial charge < -0.3 is 14.6 Å². The zero-order valence-corrected chi connectivity index (χ0v) is 23.5. The fourth-order valence-electron chi connectivity index (χ4n) is 3.60. The van der Waals surface area contributed by atoms with Crippen LogP contribution in [0.25, 0.3) is 0 Å². The Kier molecular flexibility index (Phi) is 10.3. The van der Waals surface area contributed by atoms with E-state index in [1.54, 1.807) is 6.08 Å². The van der Waals surface area contributed by atoms with E-state index in [9.17, 15) is 14.9 Å². The third kappa shape index (κ3) is 7.90. The van der Waals surface area contributed by atoms with Gasteiger partial charge in [0.25, 0.3) is 5.69 Å². The van der Waals surface area contributed by atoms with Crippen LogP contribution in [0.4, 0.5) is 11.4 Å². The molecule has 3 rings (SSSR count). The van der Waals surface area contributed by atoms with Gasteiger partial charge in [0.1, 0.15) is 11.6 Å². The van der Waals surface area contributed by atoms with E-state index < -0.39 is 4.92 Å². The van der Waals surface area contributed by atoms with Crippen molar-refractivity contribution in [3.8, 4) is 5.75 Å². The third-order valence-corrected chi connectivity index (χ3v) is 7.17. The van der Waals surface area contributed by atoms with E-state index in [1.807, 2.05) is 11.5 Å². The number of hydrogen-bond donors (Lipinski definition) is 1. The molecule has 1 N–H and O–H groups in total. The maximum atomic E-state index is 12.4. The lowest BCUT2D eigenvalue weighted by molar-refractivity contribution is -0.384. The molecule has 1 heterocycles. The molecule has 2 aromatic carbocycles. The van der Waals surface area contributed by atoms with E-state index >= 15 is 0 Å². The minimum absolute atomic E-state index is 0.0323. The number of rotatable bonds is 13.